The van der Waals surface area contributed by atoms with Gasteiger partial charge >= 0.3 is 0 Å². The van der Waals surface area contributed by atoms with Crippen LogP contribution in [0.1, 0.15) is 33.6 Å². The molecular formula is C23H30O2Si. The van der Waals surface area contributed by atoms with E-state index in [2.05, 4.69) is 81.4 Å². The highest BCUT2D eigenvalue weighted by molar-refractivity contribution is 6.99. The summed E-state index contributed by atoms with van der Waals surface area (Å²) in [5.74, 6) is 1.71. The minimum Gasteiger partial charge on any atom is -0.404 e. The maximum Gasteiger partial charge on any atom is 0.261 e. The van der Waals surface area contributed by atoms with Gasteiger partial charge in [-0.05, 0) is 40.1 Å². The van der Waals surface area contributed by atoms with Crippen molar-refractivity contribution >= 4 is 18.7 Å². The number of hydrogen-bond acceptors (Lipinski definition) is 2. The zero-order valence-electron chi connectivity index (χ0n) is 16.1. The minimum atomic E-state index is -2.50. The molecule has 4 rings (SSSR count). The second kappa shape index (κ2) is 6.63. The van der Waals surface area contributed by atoms with Crippen molar-refractivity contribution in [2.45, 2.75) is 44.8 Å². The summed E-state index contributed by atoms with van der Waals surface area (Å²) in [6, 6.07) is 21.7. The zero-order chi connectivity index (χ0) is 18.4. The molecule has 2 nitrogen and oxygen atoms in total. The normalized spacial score (nSPS) is 28.0. The van der Waals surface area contributed by atoms with Crippen LogP contribution < -0.4 is 10.4 Å². The van der Waals surface area contributed by atoms with Gasteiger partial charge in [0.1, 0.15) is 0 Å². The number of benzene rings is 2. The van der Waals surface area contributed by atoms with Gasteiger partial charge in [0.2, 0.25) is 0 Å². The molecule has 2 aliphatic rings. The van der Waals surface area contributed by atoms with Crippen LogP contribution in [-0.2, 0) is 4.43 Å². The molecule has 2 saturated carbocycles. The fourth-order valence-electron chi connectivity index (χ4n) is 5.07. The molecule has 3 heteroatoms. The van der Waals surface area contributed by atoms with Crippen molar-refractivity contribution in [2.75, 3.05) is 6.61 Å². The molecule has 2 fully saturated rings. The summed E-state index contributed by atoms with van der Waals surface area (Å²) in [5.41, 5.74) is 0. The van der Waals surface area contributed by atoms with Crippen LogP contribution in [0, 0.1) is 17.8 Å². The average Bonchev–Trinajstić information content (AvgIpc) is 3.33. The molecule has 26 heavy (non-hydrogen) atoms. The number of fused-ring (bicyclic) bond motifs is 1. The fraction of sp³-hybridized carbons (Fsp3) is 0.478. The number of aliphatic hydroxyl groups excluding tert-OH is 1. The predicted molar refractivity (Wildman–Crippen MR) is 109 cm³/mol. The third-order valence-electron chi connectivity index (χ3n) is 6.43. The van der Waals surface area contributed by atoms with Crippen molar-refractivity contribution in [1.82, 2.24) is 0 Å². The van der Waals surface area contributed by atoms with Crippen molar-refractivity contribution in [1.29, 1.82) is 0 Å². The second-order valence-corrected chi connectivity index (χ2v) is 13.3. The molecule has 1 N–H and O–H groups in total. The lowest BCUT2D eigenvalue weighted by Gasteiger charge is -2.46. The van der Waals surface area contributed by atoms with Gasteiger partial charge in [0.25, 0.3) is 8.32 Å². The summed E-state index contributed by atoms with van der Waals surface area (Å²) < 4.78 is 7.27. The molecule has 4 atom stereocenters. The van der Waals surface area contributed by atoms with Crippen molar-refractivity contribution in [3.8, 4) is 0 Å². The molecule has 3 unspecified atom stereocenters. The molecule has 0 saturated heterocycles. The van der Waals surface area contributed by atoms with E-state index in [-0.39, 0.29) is 17.7 Å². The quantitative estimate of drug-likeness (QED) is 0.820. The lowest BCUT2D eigenvalue weighted by molar-refractivity contribution is 0.0819. The molecule has 0 aromatic heterocycles. The van der Waals surface area contributed by atoms with E-state index < -0.39 is 8.32 Å². The van der Waals surface area contributed by atoms with Gasteiger partial charge in [0.15, 0.2) is 0 Å². The van der Waals surface area contributed by atoms with Gasteiger partial charge in [-0.3, -0.25) is 0 Å². The first-order chi connectivity index (χ1) is 12.5. The molecule has 0 spiro atoms. The van der Waals surface area contributed by atoms with Gasteiger partial charge in [-0.25, -0.2) is 0 Å². The van der Waals surface area contributed by atoms with Crippen molar-refractivity contribution < 1.29 is 9.53 Å². The van der Waals surface area contributed by atoms with E-state index in [4.69, 9.17) is 4.43 Å². The molecule has 0 amide bonds. The molecule has 0 heterocycles. The Balaban J connectivity index is 1.85. The summed E-state index contributed by atoms with van der Waals surface area (Å²) in [5, 5.41) is 12.6. The minimum absolute atomic E-state index is 0.00267. The third-order valence-corrected chi connectivity index (χ3v) is 11.5. The van der Waals surface area contributed by atoms with Crippen LogP contribution >= 0.6 is 0 Å². The number of aliphatic hydroxyl groups is 1. The van der Waals surface area contributed by atoms with Gasteiger partial charge in [-0.1, -0.05) is 81.4 Å². The van der Waals surface area contributed by atoms with Gasteiger partial charge in [-0.15, -0.1) is 0 Å². The van der Waals surface area contributed by atoms with Crippen molar-refractivity contribution in [3.05, 3.63) is 60.7 Å². The van der Waals surface area contributed by atoms with E-state index in [0.717, 1.165) is 12.3 Å². The van der Waals surface area contributed by atoms with E-state index in [1.807, 2.05) is 0 Å². The van der Waals surface area contributed by atoms with Gasteiger partial charge < -0.3 is 9.53 Å². The van der Waals surface area contributed by atoms with Crippen LogP contribution in [0.4, 0.5) is 0 Å². The summed E-state index contributed by atoms with van der Waals surface area (Å²) in [6.07, 6.45) is 2.60. The Hall–Kier alpha value is -1.42. The summed E-state index contributed by atoms with van der Waals surface area (Å²) >= 11 is 0. The maximum absolute atomic E-state index is 9.95. The van der Waals surface area contributed by atoms with Crippen LogP contribution in [0.15, 0.2) is 60.7 Å². The Labute approximate surface area is 158 Å². The monoisotopic (exact) mass is 366 g/mol. The van der Waals surface area contributed by atoms with Gasteiger partial charge in [0, 0.05) is 12.5 Å². The first-order valence-corrected chi connectivity index (χ1v) is 11.8. The van der Waals surface area contributed by atoms with E-state index in [1.54, 1.807) is 0 Å². The molecule has 0 aliphatic heterocycles. The first kappa shape index (κ1) is 18.0. The Morgan fingerprint density at radius 1 is 0.923 bits per heavy atom. The third kappa shape index (κ3) is 2.86. The standard InChI is InChI=1S/C23H30O2Si/c1-23(2,3)26(19-10-6-4-7-11-19,20-12-8-5-9-13-20)25-22-18(16-24)14-17-15-21(17)22/h4-13,17-18,21-22,24H,14-16H2,1-3H3/t17?,18-,21?,22?/m0/s1. The number of hydrogen-bond donors (Lipinski definition) is 1. The summed E-state index contributed by atoms with van der Waals surface area (Å²) in [7, 11) is -2.50. The molecule has 2 aliphatic carbocycles. The van der Waals surface area contributed by atoms with Gasteiger partial charge in [-0.2, -0.15) is 0 Å². The topological polar surface area (TPSA) is 29.5 Å². The molecule has 2 aromatic carbocycles. The Morgan fingerprint density at radius 3 is 1.92 bits per heavy atom. The van der Waals surface area contributed by atoms with Crippen LogP contribution in [0.2, 0.25) is 5.04 Å². The highest BCUT2D eigenvalue weighted by Gasteiger charge is 2.59. The summed E-state index contributed by atoms with van der Waals surface area (Å²) in [4.78, 5) is 0. The first-order valence-electron chi connectivity index (χ1n) is 9.87. The Bertz CT molecular complexity index is 698. The van der Waals surface area contributed by atoms with Crippen molar-refractivity contribution in [3.63, 3.8) is 0 Å². The van der Waals surface area contributed by atoms with Crippen LogP contribution in [-0.4, -0.2) is 26.1 Å². The Morgan fingerprint density at radius 2 is 1.46 bits per heavy atom. The zero-order valence-corrected chi connectivity index (χ0v) is 17.1. The van der Waals surface area contributed by atoms with E-state index >= 15 is 0 Å². The highest BCUT2D eigenvalue weighted by Crippen LogP contribution is 2.57. The molecule has 138 valence electrons. The Kier molecular flexibility index (Phi) is 4.58. The molecular weight excluding hydrogens is 336 g/mol. The largest absolute Gasteiger partial charge is 0.404 e. The molecule has 2 aromatic rings. The second-order valence-electron chi connectivity index (χ2n) is 9.08. The predicted octanol–water partition coefficient (Wildman–Crippen LogP) is 3.58. The SMILES string of the molecule is CC(C)(C)[Si](OC1C2CC2C[C@H]1CO)(c1ccccc1)c1ccccc1. The lowest BCUT2D eigenvalue weighted by atomic mass is 10.0. The maximum atomic E-state index is 9.95. The highest BCUT2D eigenvalue weighted by atomic mass is 28.4. The lowest BCUT2D eigenvalue weighted by Crippen LogP contribution is -2.68. The van der Waals surface area contributed by atoms with Gasteiger partial charge in [0.05, 0.1) is 6.10 Å². The summed E-state index contributed by atoms with van der Waals surface area (Å²) in [6.45, 7) is 7.22. The van der Waals surface area contributed by atoms with Crippen LogP contribution in [0.25, 0.3) is 0 Å². The van der Waals surface area contributed by atoms with E-state index in [1.165, 1.54) is 16.8 Å². The number of rotatable bonds is 5. The van der Waals surface area contributed by atoms with Crippen molar-refractivity contribution in [2.24, 2.45) is 17.8 Å². The fourth-order valence-corrected chi connectivity index (χ4v) is 9.86. The smallest absolute Gasteiger partial charge is 0.261 e. The van der Waals surface area contributed by atoms with Crippen LogP contribution in [0.3, 0.4) is 0 Å². The molecule has 0 bridgehead atoms. The van der Waals surface area contributed by atoms with Crippen LogP contribution in [0.5, 0.6) is 0 Å². The van der Waals surface area contributed by atoms with E-state index in [0.29, 0.717) is 11.8 Å². The van der Waals surface area contributed by atoms with E-state index in [9.17, 15) is 5.11 Å². The average molecular weight is 367 g/mol. The molecule has 0 radical (unpaired) electrons.